The van der Waals surface area contributed by atoms with Crippen LogP contribution in [0.25, 0.3) is 16.7 Å². The Kier molecular flexibility index (Phi) is 3.10. The Hall–Kier alpha value is -1.34. The first-order chi connectivity index (χ1) is 9.06. The Morgan fingerprint density at radius 1 is 1.21 bits per heavy atom. The molecule has 2 aromatic carbocycles. The predicted molar refractivity (Wildman–Crippen MR) is 83.2 cm³/mol. The van der Waals surface area contributed by atoms with Crippen molar-refractivity contribution in [1.82, 2.24) is 9.55 Å². The molecule has 0 saturated heterocycles. The number of halogens is 3. The smallest absolute Gasteiger partial charge is 0.205 e. The number of nitrogens with zero attached hydrogens (tertiary/aromatic N) is 2. The van der Waals surface area contributed by atoms with Gasteiger partial charge in [0.2, 0.25) is 5.95 Å². The van der Waals surface area contributed by atoms with E-state index in [4.69, 9.17) is 17.3 Å². The largest absolute Gasteiger partial charge is 0.369 e. The number of hydrogen-bond acceptors (Lipinski definition) is 2. The first kappa shape index (κ1) is 12.7. The van der Waals surface area contributed by atoms with E-state index < -0.39 is 5.82 Å². The number of benzene rings is 2. The molecular weight excluding hydrogens is 380 g/mol. The van der Waals surface area contributed by atoms with E-state index in [1.807, 2.05) is 24.3 Å². The molecule has 0 radical (unpaired) electrons. The van der Waals surface area contributed by atoms with Gasteiger partial charge < -0.3 is 5.73 Å². The van der Waals surface area contributed by atoms with Crippen LogP contribution in [0.3, 0.4) is 0 Å². The van der Waals surface area contributed by atoms with Gasteiger partial charge in [-0.1, -0.05) is 11.6 Å². The first-order valence-electron chi connectivity index (χ1n) is 5.45. The molecule has 0 bridgehead atoms. The molecule has 0 aliphatic rings. The van der Waals surface area contributed by atoms with Crippen molar-refractivity contribution in [2.75, 3.05) is 5.73 Å². The molecule has 0 amide bonds. The fourth-order valence-electron chi connectivity index (χ4n) is 1.95. The molecule has 3 nitrogen and oxygen atoms in total. The summed E-state index contributed by atoms with van der Waals surface area (Å²) in [6, 6.07) is 10.6. The summed E-state index contributed by atoms with van der Waals surface area (Å²) >= 11 is 8.05. The van der Waals surface area contributed by atoms with Gasteiger partial charge in [0.1, 0.15) is 5.82 Å². The van der Waals surface area contributed by atoms with Gasteiger partial charge in [-0.2, -0.15) is 0 Å². The molecule has 1 heterocycles. The zero-order chi connectivity index (χ0) is 13.6. The summed E-state index contributed by atoms with van der Waals surface area (Å²) in [5.41, 5.74) is 7.94. The van der Waals surface area contributed by atoms with E-state index in [1.165, 1.54) is 12.1 Å². The summed E-state index contributed by atoms with van der Waals surface area (Å²) in [6.45, 7) is 0. The number of nitrogen functional groups attached to an aromatic ring is 1. The van der Waals surface area contributed by atoms with Crippen molar-refractivity contribution in [1.29, 1.82) is 0 Å². The molecule has 0 unspecified atom stereocenters. The van der Waals surface area contributed by atoms with Crippen molar-refractivity contribution in [3.63, 3.8) is 0 Å². The highest BCUT2D eigenvalue weighted by Gasteiger charge is 2.13. The summed E-state index contributed by atoms with van der Waals surface area (Å²) in [7, 11) is 0. The maximum absolute atomic E-state index is 13.4. The number of hydrogen-bond donors (Lipinski definition) is 1. The van der Waals surface area contributed by atoms with Crippen LogP contribution in [0, 0.1) is 9.39 Å². The minimum absolute atomic E-state index is 0.0548. The van der Waals surface area contributed by atoms with E-state index >= 15 is 0 Å². The molecule has 0 spiro atoms. The van der Waals surface area contributed by atoms with Gasteiger partial charge in [-0.15, -0.1) is 0 Å². The molecule has 3 aromatic rings. The molecular formula is C13H8ClFIN3. The van der Waals surface area contributed by atoms with Crippen molar-refractivity contribution in [2.45, 2.75) is 0 Å². The number of aromatic nitrogens is 2. The second kappa shape index (κ2) is 4.64. The minimum Gasteiger partial charge on any atom is -0.369 e. The van der Waals surface area contributed by atoms with Gasteiger partial charge in [-0.3, -0.25) is 4.57 Å². The Morgan fingerprint density at radius 3 is 2.58 bits per heavy atom. The van der Waals surface area contributed by atoms with Crippen LogP contribution in [0.2, 0.25) is 5.02 Å². The maximum Gasteiger partial charge on any atom is 0.205 e. The fourth-order valence-corrected chi connectivity index (χ4v) is 2.47. The lowest BCUT2D eigenvalue weighted by Gasteiger charge is -2.06. The lowest BCUT2D eigenvalue weighted by molar-refractivity contribution is 0.630. The SMILES string of the molecule is Nc1nc2cc(F)c(Cl)cc2n1-c1ccc(I)cc1. The highest BCUT2D eigenvalue weighted by atomic mass is 127. The van der Waals surface area contributed by atoms with Gasteiger partial charge >= 0.3 is 0 Å². The second-order valence-electron chi connectivity index (χ2n) is 4.04. The van der Waals surface area contributed by atoms with Crippen LogP contribution in [-0.4, -0.2) is 9.55 Å². The highest BCUT2D eigenvalue weighted by Crippen LogP contribution is 2.27. The Labute approximate surface area is 127 Å². The molecule has 1 aromatic heterocycles. The van der Waals surface area contributed by atoms with Crippen LogP contribution in [-0.2, 0) is 0 Å². The summed E-state index contributed by atoms with van der Waals surface area (Å²) < 4.78 is 16.3. The monoisotopic (exact) mass is 387 g/mol. The lowest BCUT2D eigenvalue weighted by atomic mass is 10.2. The third kappa shape index (κ3) is 2.17. The summed E-state index contributed by atoms with van der Waals surface area (Å²) in [5, 5.41) is 0.0548. The molecule has 0 saturated carbocycles. The van der Waals surface area contributed by atoms with E-state index in [2.05, 4.69) is 27.6 Å². The third-order valence-electron chi connectivity index (χ3n) is 2.81. The van der Waals surface area contributed by atoms with E-state index in [-0.39, 0.29) is 5.02 Å². The second-order valence-corrected chi connectivity index (χ2v) is 5.69. The average molecular weight is 388 g/mol. The van der Waals surface area contributed by atoms with E-state index in [1.54, 1.807) is 4.57 Å². The van der Waals surface area contributed by atoms with Crippen molar-refractivity contribution < 1.29 is 4.39 Å². The Morgan fingerprint density at radius 2 is 1.89 bits per heavy atom. The van der Waals surface area contributed by atoms with Gasteiger partial charge in [0.25, 0.3) is 0 Å². The zero-order valence-electron chi connectivity index (χ0n) is 9.57. The predicted octanol–water partition coefficient (Wildman–Crippen LogP) is 4.00. The molecule has 0 atom stereocenters. The fraction of sp³-hybridized carbons (Fsp3) is 0. The van der Waals surface area contributed by atoms with Gasteiger partial charge in [-0.05, 0) is 52.9 Å². The van der Waals surface area contributed by atoms with E-state index in [9.17, 15) is 4.39 Å². The van der Waals surface area contributed by atoms with Crippen LogP contribution in [0.15, 0.2) is 36.4 Å². The van der Waals surface area contributed by atoms with Crippen LogP contribution >= 0.6 is 34.2 Å². The minimum atomic E-state index is -0.499. The molecule has 3 rings (SSSR count). The molecule has 2 N–H and O–H groups in total. The summed E-state index contributed by atoms with van der Waals surface area (Å²) in [5.74, 6) is -0.195. The lowest BCUT2D eigenvalue weighted by Crippen LogP contribution is -2.00. The van der Waals surface area contributed by atoms with Gasteiger partial charge in [0, 0.05) is 15.3 Å². The van der Waals surface area contributed by atoms with Crippen LogP contribution in [0.5, 0.6) is 0 Å². The van der Waals surface area contributed by atoms with Gasteiger partial charge in [-0.25, -0.2) is 9.37 Å². The molecule has 19 heavy (non-hydrogen) atoms. The Balaban J connectivity index is 2.31. The molecule has 96 valence electrons. The van der Waals surface area contributed by atoms with Crippen molar-refractivity contribution in [3.05, 3.63) is 50.8 Å². The highest BCUT2D eigenvalue weighted by molar-refractivity contribution is 14.1. The summed E-state index contributed by atoms with van der Waals surface area (Å²) in [6.07, 6.45) is 0. The van der Waals surface area contributed by atoms with Gasteiger partial charge in [0.15, 0.2) is 0 Å². The number of nitrogens with two attached hydrogens (primary N) is 1. The quantitative estimate of drug-likeness (QED) is 0.641. The topological polar surface area (TPSA) is 43.8 Å². The number of anilines is 1. The average Bonchev–Trinajstić information content (AvgIpc) is 2.67. The van der Waals surface area contributed by atoms with Crippen molar-refractivity contribution in [2.24, 2.45) is 0 Å². The third-order valence-corrected chi connectivity index (χ3v) is 3.82. The number of fused-ring (bicyclic) bond motifs is 1. The van der Waals surface area contributed by atoms with E-state index in [0.717, 1.165) is 9.26 Å². The molecule has 0 aliphatic heterocycles. The normalized spacial score (nSPS) is 11.1. The molecule has 0 aliphatic carbocycles. The molecule has 0 fully saturated rings. The van der Waals surface area contributed by atoms with Crippen molar-refractivity contribution in [3.8, 4) is 5.69 Å². The Bertz CT molecular complexity index is 768. The van der Waals surface area contributed by atoms with Gasteiger partial charge in [0.05, 0.1) is 16.1 Å². The maximum atomic E-state index is 13.4. The number of imidazole rings is 1. The zero-order valence-corrected chi connectivity index (χ0v) is 12.5. The van der Waals surface area contributed by atoms with Crippen molar-refractivity contribution >= 4 is 51.2 Å². The summed E-state index contributed by atoms with van der Waals surface area (Å²) in [4.78, 5) is 4.15. The number of rotatable bonds is 1. The molecule has 6 heteroatoms. The standard InChI is InChI=1S/C13H8ClFIN3/c14-9-5-12-11(6-10(9)15)18-13(17)19(12)8-3-1-7(16)2-4-8/h1-6H,(H2,17,18). The van der Waals surface area contributed by atoms with Crippen LogP contribution in [0.4, 0.5) is 10.3 Å². The van der Waals surface area contributed by atoms with Crippen LogP contribution in [0.1, 0.15) is 0 Å². The first-order valence-corrected chi connectivity index (χ1v) is 6.91. The van der Waals surface area contributed by atoms with E-state index in [0.29, 0.717) is 17.0 Å². The van der Waals surface area contributed by atoms with Crippen LogP contribution < -0.4 is 5.73 Å².